The Balaban J connectivity index is 1.21. The standard InChI is InChI=1S/C44H49F3N8O5/c1-7-53-17-19-54(20-18-53)27-32-13-14-33(23-35(32)44(45,46)47)50-38(57)22-30-10-8-9-29(21-30)11-12-31-26-49-41(48-25-28(2)56)51-39(31)37-24-34-36(52(37)6)15-16-55(40(34)58)42(59)60-43(3,4)5/h8-10,13-14,21,23-24,26H,7,15-20,22,25,27H2,1-6H3,(H,50,57)(H,48,49,51). The molecule has 0 unspecified atom stereocenters. The quantitative estimate of drug-likeness (QED) is 0.179. The number of hydrogen-bond acceptors (Lipinski definition) is 10. The molecule has 2 aromatic carbocycles. The van der Waals surface area contributed by atoms with Crippen LogP contribution in [0.4, 0.5) is 29.6 Å². The molecular weight excluding hydrogens is 778 g/mol. The number of anilines is 2. The first-order valence-electron chi connectivity index (χ1n) is 19.8. The van der Waals surface area contributed by atoms with E-state index in [0.717, 1.165) is 30.6 Å². The van der Waals surface area contributed by atoms with Crippen LogP contribution in [0.25, 0.3) is 11.4 Å². The molecule has 2 aromatic heterocycles. The van der Waals surface area contributed by atoms with Crippen molar-refractivity contribution in [3.63, 3.8) is 0 Å². The van der Waals surface area contributed by atoms with Crippen LogP contribution in [0.15, 0.2) is 54.7 Å². The highest BCUT2D eigenvalue weighted by Crippen LogP contribution is 2.35. The minimum Gasteiger partial charge on any atom is -0.443 e. The molecule has 0 atom stereocenters. The number of fused-ring (bicyclic) bond motifs is 1. The van der Waals surface area contributed by atoms with E-state index in [0.29, 0.717) is 58.8 Å². The molecule has 3 amide bonds. The number of nitrogens with one attached hydrogen (secondary N) is 2. The molecule has 1 saturated heterocycles. The van der Waals surface area contributed by atoms with Gasteiger partial charge >= 0.3 is 12.3 Å². The molecule has 2 aliphatic rings. The van der Waals surface area contributed by atoms with Crippen LogP contribution in [-0.2, 0) is 46.9 Å². The summed E-state index contributed by atoms with van der Waals surface area (Å²) >= 11 is 0. The molecule has 0 spiro atoms. The summed E-state index contributed by atoms with van der Waals surface area (Å²) in [5, 5.41) is 5.53. The van der Waals surface area contributed by atoms with E-state index in [4.69, 9.17) is 4.74 Å². The van der Waals surface area contributed by atoms with E-state index < -0.39 is 35.2 Å². The Morgan fingerprint density at radius 3 is 2.37 bits per heavy atom. The third kappa shape index (κ3) is 10.8. The van der Waals surface area contributed by atoms with Gasteiger partial charge in [-0.1, -0.05) is 37.0 Å². The van der Waals surface area contributed by atoms with Crippen molar-refractivity contribution < 1.29 is 37.1 Å². The van der Waals surface area contributed by atoms with Gasteiger partial charge in [0.1, 0.15) is 17.1 Å². The number of ketones is 1. The molecule has 16 heteroatoms. The number of benzene rings is 2. The summed E-state index contributed by atoms with van der Waals surface area (Å²) in [5.41, 5.74) is 2.10. The van der Waals surface area contributed by atoms with Gasteiger partial charge in [0.15, 0.2) is 0 Å². The first kappa shape index (κ1) is 43.5. The Bertz CT molecular complexity index is 2350. The van der Waals surface area contributed by atoms with Gasteiger partial charge in [0.25, 0.3) is 5.91 Å². The number of alkyl halides is 3. The summed E-state index contributed by atoms with van der Waals surface area (Å²) in [6.07, 6.45) is -3.56. The molecule has 6 rings (SSSR count). The van der Waals surface area contributed by atoms with Crippen LogP contribution in [0.3, 0.4) is 0 Å². The minimum atomic E-state index is -4.59. The summed E-state index contributed by atoms with van der Waals surface area (Å²) in [7, 11) is 1.79. The number of carbonyl (C=O) groups excluding carboxylic acids is 4. The molecule has 2 aliphatic heterocycles. The smallest absolute Gasteiger partial charge is 0.417 e. The molecule has 0 bridgehead atoms. The van der Waals surface area contributed by atoms with Gasteiger partial charge in [-0.25, -0.2) is 19.7 Å². The fourth-order valence-electron chi connectivity index (χ4n) is 7.12. The predicted octanol–water partition coefficient (Wildman–Crippen LogP) is 6.15. The van der Waals surface area contributed by atoms with Crippen LogP contribution >= 0.6 is 0 Å². The maximum absolute atomic E-state index is 14.2. The van der Waals surface area contributed by atoms with Gasteiger partial charge < -0.3 is 24.8 Å². The third-order valence-corrected chi connectivity index (χ3v) is 10.2. The van der Waals surface area contributed by atoms with Gasteiger partial charge in [-0.2, -0.15) is 13.2 Å². The van der Waals surface area contributed by atoms with Gasteiger partial charge in [-0.05, 0) is 75.7 Å². The van der Waals surface area contributed by atoms with E-state index in [1.54, 1.807) is 58.2 Å². The number of piperazine rings is 1. The molecule has 4 heterocycles. The van der Waals surface area contributed by atoms with Crippen molar-refractivity contribution in [2.45, 2.75) is 65.8 Å². The van der Waals surface area contributed by atoms with Crippen molar-refractivity contribution in [1.82, 2.24) is 29.2 Å². The fraction of sp³-hybridized carbons (Fsp3) is 0.409. The van der Waals surface area contributed by atoms with Crippen LogP contribution < -0.4 is 10.6 Å². The number of aromatic nitrogens is 3. The number of Topliss-reactive ketones (excluding diaryl/α,β-unsaturated/α-hetero) is 1. The van der Waals surface area contributed by atoms with Crippen molar-refractivity contribution in [2.24, 2.45) is 7.05 Å². The highest BCUT2D eigenvalue weighted by atomic mass is 19.4. The van der Waals surface area contributed by atoms with Crippen molar-refractivity contribution in [3.8, 4) is 23.2 Å². The molecule has 4 aromatic rings. The Morgan fingerprint density at radius 1 is 0.950 bits per heavy atom. The van der Waals surface area contributed by atoms with Crippen LogP contribution in [0.2, 0.25) is 0 Å². The lowest BCUT2D eigenvalue weighted by Crippen LogP contribution is -2.45. The largest absolute Gasteiger partial charge is 0.443 e. The van der Waals surface area contributed by atoms with Gasteiger partial charge in [0, 0.05) is 75.9 Å². The Hall–Kier alpha value is -6.05. The second-order valence-electron chi connectivity index (χ2n) is 15.9. The molecule has 316 valence electrons. The van der Waals surface area contributed by atoms with Crippen molar-refractivity contribution >= 4 is 35.3 Å². The summed E-state index contributed by atoms with van der Waals surface area (Å²) in [5.74, 6) is 5.25. The van der Waals surface area contributed by atoms with Crippen LogP contribution in [0.5, 0.6) is 0 Å². The predicted molar refractivity (Wildman–Crippen MR) is 220 cm³/mol. The van der Waals surface area contributed by atoms with E-state index >= 15 is 0 Å². The summed E-state index contributed by atoms with van der Waals surface area (Å²) in [6.45, 7) is 12.8. The zero-order valence-electron chi connectivity index (χ0n) is 34.6. The molecule has 0 radical (unpaired) electrons. The lowest BCUT2D eigenvalue weighted by atomic mass is 10.0. The molecular formula is C44H49F3N8O5. The summed E-state index contributed by atoms with van der Waals surface area (Å²) < 4.78 is 49.9. The molecule has 2 N–H and O–H groups in total. The number of ether oxygens (including phenoxy) is 1. The zero-order chi connectivity index (χ0) is 43.4. The number of imide groups is 1. The number of rotatable bonds is 10. The Kier molecular flexibility index (Phi) is 13.1. The third-order valence-electron chi connectivity index (χ3n) is 10.2. The van der Waals surface area contributed by atoms with E-state index in [1.807, 2.05) is 9.47 Å². The normalized spacial score (nSPS) is 14.9. The molecule has 60 heavy (non-hydrogen) atoms. The number of amides is 3. The second-order valence-corrected chi connectivity index (χ2v) is 15.9. The second kappa shape index (κ2) is 18.1. The number of likely N-dealkylation sites (N-methyl/N-ethyl adjacent to an activating group) is 1. The maximum Gasteiger partial charge on any atom is 0.417 e. The van der Waals surface area contributed by atoms with Crippen LogP contribution in [0, 0.1) is 11.8 Å². The SMILES string of the molecule is CCN1CCN(Cc2ccc(NC(=O)Cc3cccc(C#Cc4cnc(NCC(C)=O)nc4-c4cc5c(n4C)CCN(C(=O)OC(C)(C)C)C5=O)c3)cc2C(F)(F)F)CC1. The van der Waals surface area contributed by atoms with E-state index in [1.165, 1.54) is 25.3 Å². The van der Waals surface area contributed by atoms with Crippen LogP contribution in [-0.4, -0.2) is 104 Å². The van der Waals surface area contributed by atoms with Gasteiger partial charge in [0.05, 0.1) is 35.3 Å². The van der Waals surface area contributed by atoms with Crippen molar-refractivity contribution in [3.05, 3.63) is 93.8 Å². The number of halogens is 3. The van der Waals surface area contributed by atoms with Crippen LogP contribution in [0.1, 0.15) is 78.5 Å². The van der Waals surface area contributed by atoms with E-state index in [2.05, 4.69) is 44.3 Å². The first-order valence-corrected chi connectivity index (χ1v) is 19.8. The minimum absolute atomic E-state index is 0.0103. The van der Waals surface area contributed by atoms with Crippen molar-refractivity contribution in [1.29, 1.82) is 0 Å². The molecule has 0 saturated carbocycles. The van der Waals surface area contributed by atoms with Gasteiger partial charge in [-0.15, -0.1) is 0 Å². The number of carbonyl (C=O) groups is 4. The van der Waals surface area contributed by atoms with Crippen molar-refractivity contribution in [2.75, 3.05) is 56.4 Å². The first-order chi connectivity index (χ1) is 28.4. The molecule has 0 aliphatic carbocycles. The molecule has 13 nitrogen and oxygen atoms in total. The molecule has 1 fully saturated rings. The average Bonchev–Trinajstić information content (AvgIpc) is 3.52. The average molecular weight is 827 g/mol. The highest BCUT2D eigenvalue weighted by molar-refractivity contribution is 6.05. The topological polar surface area (TPSA) is 142 Å². The summed E-state index contributed by atoms with van der Waals surface area (Å²) in [4.78, 5) is 65.7. The van der Waals surface area contributed by atoms with E-state index in [-0.39, 0.29) is 49.0 Å². The lowest BCUT2D eigenvalue weighted by Gasteiger charge is -2.34. The maximum atomic E-state index is 14.2. The Labute approximate surface area is 347 Å². The lowest BCUT2D eigenvalue weighted by molar-refractivity contribution is -0.138. The van der Waals surface area contributed by atoms with Gasteiger partial charge in [0.2, 0.25) is 11.9 Å². The monoisotopic (exact) mass is 826 g/mol. The fourth-order valence-corrected chi connectivity index (χ4v) is 7.12. The van der Waals surface area contributed by atoms with E-state index in [9.17, 15) is 32.3 Å². The Morgan fingerprint density at radius 2 is 1.68 bits per heavy atom. The highest BCUT2D eigenvalue weighted by Gasteiger charge is 2.36. The number of nitrogens with zero attached hydrogens (tertiary/aromatic N) is 6. The van der Waals surface area contributed by atoms with Gasteiger partial charge in [-0.3, -0.25) is 19.3 Å². The number of hydrogen-bond donors (Lipinski definition) is 2. The zero-order valence-corrected chi connectivity index (χ0v) is 34.6. The summed E-state index contributed by atoms with van der Waals surface area (Å²) in [6, 6.07) is 12.5.